The molecule has 0 saturated heterocycles. The van der Waals surface area contributed by atoms with E-state index in [0.29, 0.717) is 35.4 Å². The number of aromatic amines is 1. The molecule has 0 bridgehead atoms. The molecule has 0 aromatic carbocycles. The average Bonchev–Trinajstić information content (AvgIpc) is 3.16. The zero-order valence-corrected chi connectivity index (χ0v) is 15.0. The van der Waals surface area contributed by atoms with Gasteiger partial charge in [0, 0.05) is 17.8 Å². The standard InChI is InChI=1S/C16H16N8O.ClH/c1-3-24-13(25)7-18-15-16(24)22-12(6-17-15)10-4-5-11(21-9(10)2)14-19-8-20-23-14;/h4-6,8H,3,7H2,1-2H3,(H,17,18)(H,19,20,23);1H. The minimum Gasteiger partial charge on any atom is -0.358 e. The second-order valence-corrected chi connectivity index (χ2v) is 5.58. The lowest BCUT2D eigenvalue weighted by Gasteiger charge is -2.27. The van der Waals surface area contributed by atoms with Gasteiger partial charge < -0.3 is 5.32 Å². The summed E-state index contributed by atoms with van der Waals surface area (Å²) in [7, 11) is 0. The number of carbonyl (C=O) groups is 1. The molecule has 2 N–H and O–H groups in total. The number of nitrogens with one attached hydrogen (secondary N) is 2. The van der Waals surface area contributed by atoms with Crippen LogP contribution in [0.25, 0.3) is 22.8 Å². The van der Waals surface area contributed by atoms with Crippen molar-refractivity contribution >= 4 is 29.9 Å². The highest BCUT2D eigenvalue weighted by Gasteiger charge is 2.25. The number of hydrogen-bond donors (Lipinski definition) is 2. The van der Waals surface area contributed by atoms with E-state index in [4.69, 9.17) is 0 Å². The van der Waals surface area contributed by atoms with Crippen molar-refractivity contribution in [1.82, 2.24) is 30.1 Å². The molecule has 3 aromatic rings. The number of nitrogens with zero attached hydrogens (tertiary/aromatic N) is 6. The molecule has 9 nitrogen and oxygen atoms in total. The Kier molecular flexibility index (Phi) is 4.81. The molecule has 0 aliphatic carbocycles. The van der Waals surface area contributed by atoms with Gasteiger partial charge in [0.05, 0.1) is 18.4 Å². The fourth-order valence-corrected chi connectivity index (χ4v) is 2.81. The summed E-state index contributed by atoms with van der Waals surface area (Å²) >= 11 is 0. The van der Waals surface area contributed by atoms with Crippen LogP contribution in [0, 0.1) is 6.92 Å². The van der Waals surface area contributed by atoms with Crippen molar-refractivity contribution in [2.75, 3.05) is 23.3 Å². The minimum absolute atomic E-state index is 0. The number of hydrogen-bond acceptors (Lipinski definition) is 7. The summed E-state index contributed by atoms with van der Waals surface area (Å²) in [5.74, 6) is 1.76. The van der Waals surface area contributed by atoms with Gasteiger partial charge in [0.15, 0.2) is 17.5 Å². The summed E-state index contributed by atoms with van der Waals surface area (Å²) in [4.78, 5) is 31.4. The van der Waals surface area contributed by atoms with Gasteiger partial charge in [-0.05, 0) is 26.0 Å². The third kappa shape index (κ3) is 2.97. The third-order valence-electron chi connectivity index (χ3n) is 4.05. The predicted molar refractivity (Wildman–Crippen MR) is 99.1 cm³/mol. The van der Waals surface area contributed by atoms with Crippen molar-refractivity contribution in [1.29, 1.82) is 0 Å². The van der Waals surface area contributed by atoms with Crippen LogP contribution < -0.4 is 10.2 Å². The second-order valence-electron chi connectivity index (χ2n) is 5.58. The van der Waals surface area contributed by atoms with E-state index in [9.17, 15) is 4.79 Å². The van der Waals surface area contributed by atoms with Gasteiger partial charge in [0.25, 0.3) is 0 Å². The van der Waals surface area contributed by atoms with Gasteiger partial charge in [-0.15, -0.1) is 12.4 Å². The van der Waals surface area contributed by atoms with Crippen LogP contribution in [0.2, 0.25) is 0 Å². The quantitative estimate of drug-likeness (QED) is 0.721. The van der Waals surface area contributed by atoms with E-state index in [0.717, 1.165) is 11.3 Å². The largest absolute Gasteiger partial charge is 0.358 e. The summed E-state index contributed by atoms with van der Waals surface area (Å²) in [6, 6.07) is 3.77. The zero-order chi connectivity index (χ0) is 17.4. The first-order valence-corrected chi connectivity index (χ1v) is 7.92. The number of amides is 1. The Labute approximate surface area is 155 Å². The molecule has 10 heteroatoms. The summed E-state index contributed by atoms with van der Waals surface area (Å²) in [6.07, 6.45) is 3.13. The Balaban J connectivity index is 0.00000196. The molecule has 26 heavy (non-hydrogen) atoms. The molecule has 0 unspecified atom stereocenters. The Morgan fingerprint density at radius 2 is 2.04 bits per heavy atom. The number of pyridine rings is 1. The number of anilines is 2. The van der Waals surface area contributed by atoms with Crippen molar-refractivity contribution < 1.29 is 4.79 Å². The summed E-state index contributed by atoms with van der Waals surface area (Å²) < 4.78 is 0. The van der Waals surface area contributed by atoms with Crippen molar-refractivity contribution in [3.63, 3.8) is 0 Å². The van der Waals surface area contributed by atoms with Gasteiger partial charge >= 0.3 is 0 Å². The predicted octanol–water partition coefficient (Wildman–Crippen LogP) is 1.83. The molecule has 0 atom stereocenters. The van der Waals surface area contributed by atoms with E-state index in [2.05, 4.69) is 35.5 Å². The number of aromatic nitrogens is 6. The SMILES string of the molecule is CCN1C(=O)CNc2ncc(-c3ccc(-c4ncn[nH]4)nc3C)nc21.Cl. The van der Waals surface area contributed by atoms with Crippen LogP contribution in [0.5, 0.6) is 0 Å². The molecule has 0 fully saturated rings. The molecular weight excluding hydrogens is 356 g/mol. The zero-order valence-electron chi connectivity index (χ0n) is 14.2. The number of aryl methyl sites for hydroxylation is 1. The normalized spacial score (nSPS) is 13.0. The summed E-state index contributed by atoms with van der Waals surface area (Å²) in [5, 5.41) is 9.63. The lowest BCUT2D eigenvalue weighted by atomic mass is 10.1. The molecule has 4 rings (SSSR count). The smallest absolute Gasteiger partial charge is 0.247 e. The van der Waals surface area contributed by atoms with E-state index in [-0.39, 0.29) is 24.9 Å². The lowest BCUT2D eigenvalue weighted by molar-refractivity contribution is -0.117. The maximum absolute atomic E-state index is 12.0. The number of rotatable bonds is 3. The summed E-state index contributed by atoms with van der Waals surface area (Å²) in [5.41, 5.74) is 3.02. The fraction of sp³-hybridized carbons (Fsp3) is 0.250. The van der Waals surface area contributed by atoms with Crippen LogP contribution in [0.15, 0.2) is 24.7 Å². The van der Waals surface area contributed by atoms with Gasteiger partial charge in [-0.1, -0.05) is 0 Å². The molecule has 4 heterocycles. The highest BCUT2D eigenvalue weighted by atomic mass is 35.5. The Bertz CT molecular complexity index is 943. The van der Waals surface area contributed by atoms with Crippen LogP contribution in [0.4, 0.5) is 11.6 Å². The first kappa shape index (κ1) is 17.7. The number of fused-ring (bicyclic) bond motifs is 1. The Morgan fingerprint density at radius 1 is 1.19 bits per heavy atom. The van der Waals surface area contributed by atoms with E-state index in [1.54, 1.807) is 11.1 Å². The topological polar surface area (TPSA) is 113 Å². The molecule has 3 aromatic heterocycles. The van der Waals surface area contributed by atoms with Crippen LogP contribution in [-0.2, 0) is 4.79 Å². The maximum Gasteiger partial charge on any atom is 0.247 e. The Morgan fingerprint density at radius 3 is 2.73 bits per heavy atom. The number of H-pyrrole nitrogens is 1. The highest BCUT2D eigenvalue weighted by Crippen LogP contribution is 2.29. The number of halogens is 1. The Hall–Kier alpha value is -3.07. The van der Waals surface area contributed by atoms with Crippen LogP contribution >= 0.6 is 12.4 Å². The first-order chi connectivity index (χ1) is 12.2. The molecule has 0 radical (unpaired) electrons. The van der Waals surface area contributed by atoms with Crippen LogP contribution in [0.1, 0.15) is 12.6 Å². The minimum atomic E-state index is -0.0167. The van der Waals surface area contributed by atoms with Gasteiger partial charge in [-0.2, -0.15) is 5.10 Å². The molecule has 1 amide bonds. The van der Waals surface area contributed by atoms with Crippen LogP contribution in [0.3, 0.4) is 0 Å². The first-order valence-electron chi connectivity index (χ1n) is 7.92. The molecule has 0 spiro atoms. The molecule has 1 aliphatic heterocycles. The van der Waals surface area contributed by atoms with Crippen LogP contribution in [-0.4, -0.2) is 49.1 Å². The molecular formula is C16H17ClN8O. The van der Waals surface area contributed by atoms with Crippen molar-refractivity contribution in [2.24, 2.45) is 0 Å². The van der Waals surface area contributed by atoms with Gasteiger partial charge in [0.1, 0.15) is 12.0 Å². The van der Waals surface area contributed by atoms with Crippen molar-refractivity contribution in [2.45, 2.75) is 13.8 Å². The number of likely N-dealkylation sites (N-methyl/N-ethyl adjacent to an activating group) is 1. The van der Waals surface area contributed by atoms with Gasteiger partial charge in [-0.25, -0.2) is 19.9 Å². The maximum atomic E-state index is 12.0. The average molecular weight is 373 g/mol. The van der Waals surface area contributed by atoms with E-state index >= 15 is 0 Å². The third-order valence-corrected chi connectivity index (χ3v) is 4.05. The van der Waals surface area contributed by atoms with E-state index < -0.39 is 0 Å². The van der Waals surface area contributed by atoms with Gasteiger partial charge in [-0.3, -0.25) is 14.8 Å². The molecule has 1 aliphatic rings. The summed E-state index contributed by atoms with van der Waals surface area (Å²) in [6.45, 7) is 4.60. The van der Waals surface area contributed by atoms with Gasteiger partial charge in [0.2, 0.25) is 5.91 Å². The van der Waals surface area contributed by atoms with Crippen molar-refractivity contribution in [3.05, 3.63) is 30.4 Å². The lowest BCUT2D eigenvalue weighted by Crippen LogP contribution is -2.40. The monoisotopic (exact) mass is 372 g/mol. The van der Waals surface area contributed by atoms with E-state index in [1.165, 1.54) is 6.33 Å². The fourth-order valence-electron chi connectivity index (χ4n) is 2.81. The number of carbonyl (C=O) groups excluding carboxylic acids is 1. The second kappa shape index (κ2) is 7.04. The molecule has 0 saturated carbocycles. The van der Waals surface area contributed by atoms with E-state index in [1.807, 2.05) is 26.0 Å². The highest BCUT2D eigenvalue weighted by molar-refractivity contribution is 6.00. The van der Waals surface area contributed by atoms with Crippen molar-refractivity contribution in [3.8, 4) is 22.8 Å². The molecule has 134 valence electrons.